The largest absolute Gasteiger partial charge is 0.343 e. The molecule has 8 heteroatoms. The van der Waals surface area contributed by atoms with Crippen LogP contribution < -0.4 is 10.7 Å². The quantitative estimate of drug-likeness (QED) is 0.563. The van der Waals surface area contributed by atoms with Gasteiger partial charge in [0.05, 0.1) is 23.3 Å². The van der Waals surface area contributed by atoms with Gasteiger partial charge in [0, 0.05) is 9.50 Å². The molecule has 124 valence electrons. The maximum absolute atomic E-state index is 11.9. The van der Waals surface area contributed by atoms with Gasteiger partial charge in [-0.2, -0.15) is 5.10 Å². The highest BCUT2D eigenvalue weighted by Gasteiger charge is 2.11. The fourth-order valence-electron chi connectivity index (χ4n) is 1.70. The molecule has 0 aliphatic carbocycles. The lowest BCUT2D eigenvalue weighted by Gasteiger charge is -2.06. The van der Waals surface area contributed by atoms with Crippen LogP contribution in [0.2, 0.25) is 10.0 Å². The second-order valence-electron chi connectivity index (χ2n) is 4.65. The van der Waals surface area contributed by atoms with Crippen molar-refractivity contribution in [2.75, 3.05) is 6.54 Å². The lowest BCUT2D eigenvalue weighted by atomic mass is 10.2. The van der Waals surface area contributed by atoms with Gasteiger partial charge in [-0.05, 0) is 35.9 Å². The van der Waals surface area contributed by atoms with Gasteiger partial charge in [0.25, 0.3) is 11.8 Å². The van der Waals surface area contributed by atoms with Crippen LogP contribution in [0.5, 0.6) is 0 Å². The minimum Gasteiger partial charge on any atom is -0.343 e. The van der Waals surface area contributed by atoms with E-state index in [2.05, 4.69) is 31.8 Å². The highest BCUT2D eigenvalue weighted by Crippen LogP contribution is 2.20. The number of nitrogens with one attached hydrogen (secondary N) is 2. The van der Waals surface area contributed by atoms with E-state index in [-0.39, 0.29) is 17.1 Å². The Hall–Kier alpha value is -1.89. The van der Waals surface area contributed by atoms with Gasteiger partial charge >= 0.3 is 0 Å². The van der Waals surface area contributed by atoms with Crippen molar-refractivity contribution in [2.45, 2.75) is 0 Å². The number of halogens is 3. The second-order valence-corrected chi connectivity index (χ2v) is 6.41. The third kappa shape index (κ3) is 5.63. The molecule has 0 spiro atoms. The van der Waals surface area contributed by atoms with Crippen LogP contribution in [0.3, 0.4) is 0 Å². The molecule has 0 saturated carbocycles. The van der Waals surface area contributed by atoms with E-state index in [1.807, 2.05) is 24.3 Å². The van der Waals surface area contributed by atoms with Crippen LogP contribution in [0.4, 0.5) is 0 Å². The molecular weight excluding hydrogens is 417 g/mol. The maximum Gasteiger partial charge on any atom is 0.259 e. The maximum atomic E-state index is 11.9. The molecule has 0 heterocycles. The minimum atomic E-state index is -0.469. The molecule has 0 aliphatic rings. The van der Waals surface area contributed by atoms with Crippen LogP contribution in [-0.4, -0.2) is 24.6 Å². The van der Waals surface area contributed by atoms with Crippen molar-refractivity contribution in [3.8, 4) is 0 Å². The Balaban J connectivity index is 1.82. The van der Waals surface area contributed by atoms with Gasteiger partial charge in [0.2, 0.25) is 0 Å². The Morgan fingerprint density at radius 3 is 2.50 bits per heavy atom. The van der Waals surface area contributed by atoms with E-state index in [9.17, 15) is 9.59 Å². The lowest BCUT2D eigenvalue weighted by molar-refractivity contribution is -0.120. The first-order chi connectivity index (χ1) is 11.5. The molecule has 0 saturated heterocycles. The second kappa shape index (κ2) is 8.82. The van der Waals surface area contributed by atoms with Crippen LogP contribution in [0.25, 0.3) is 0 Å². The van der Waals surface area contributed by atoms with Crippen molar-refractivity contribution in [1.29, 1.82) is 0 Å². The fourth-order valence-corrected chi connectivity index (χ4v) is 2.46. The highest BCUT2D eigenvalue weighted by atomic mass is 79.9. The van der Waals surface area contributed by atoms with Gasteiger partial charge in [0.15, 0.2) is 0 Å². The monoisotopic (exact) mass is 427 g/mol. The number of carbonyl (C=O) groups excluding carboxylic acids is 2. The van der Waals surface area contributed by atoms with E-state index in [1.165, 1.54) is 18.3 Å². The lowest BCUT2D eigenvalue weighted by Crippen LogP contribution is -2.35. The van der Waals surface area contributed by atoms with Crippen molar-refractivity contribution in [3.63, 3.8) is 0 Å². The van der Waals surface area contributed by atoms with Gasteiger partial charge in [-0.3, -0.25) is 9.59 Å². The number of hydrogen-bond donors (Lipinski definition) is 2. The number of benzene rings is 2. The summed E-state index contributed by atoms with van der Waals surface area (Å²) in [5.41, 5.74) is 3.40. The van der Waals surface area contributed by atoms with E-state index in [1.54, 1.807) is 6.07 Å². The zero-order valence-electron chi connectivity index (χ0n) is 12.2. The topological polar surface area (TPSA) is 70.6 Å². The van der Waals surface area contributed by atoms with Gasteiger partial charge in [-0.1, -0.05) is 51.3 Å². The molecule has 0 radical (unpaired) electrons. The first kappa shape index (κ1) is 18.4. The Morgan fingerprint density at radius 2 is 1.83 bits per heavy atom. The van der Waals surface area contributed by atoms with E-state index in [0.717, 1.165) is 10.0 Å². The minimum absolute atomic E-state index is 0.216. The third-order valence-corrected chi connectivity index (χ3v) is 3.93. The van der Waals surface area contributed by atoms with Crippen molar-refractivity contribution < 1.29 is 9.59 Å². The van der Waals surface area contributed by atoms with Crippen LogP contribution in [-0.2, 0) is 4.79 Å². The van der Waals surface area contributed by atoms with Crippen LogP contribution in [0.1, 0.15) is 15.9 Å². The molecular formula is C16H12BrCl2N3O2. The summed E-state index contributed by atoms with van der Waals surface area (Å²) in [5, 5.41) is 6.92. The highest BCUT2D eigenvalue weighted by molar-refractivity contribution is 9.10. The predicted octanol–water partition coefficient (Wildman–Crippen LogP) is 3.64. The summed E-state index contributed by atoms with van der Waals surface area (Å²) in [7, 11) is 0. The molecule has 24 heavy (non-hydrogen) atoms. The summed E-state index contributed by atoms with van der Waals surface area (Å²) in [4.78, 5) is 23.6. The summed E-state index contributed by atoms with van der Waals surface area (Å²) in [5.74, 6) is -0.925. The molecule has 0 atom stereocenters. The zero-order valence-corrected chi connectivity index (χ0v) is 15.3. The SMILES string of the molecule is O=C(CNC(=O)c1ccc(Cl)cc1Cl)N/N=C/c1ccc(Br)cc1. The molecule has 0 aliphatic heterocycles. The zero-order chi connectivity index (χ0) is 17.5. The van der Waals surface area contributed by atoms with Crippen molar-refractivity contribution in [3.05, 3.63) is 68.1 Å². The number of rotatable bonds is 5. The molecule has 2 aromatic carbocycles. The fraction of sp³-hybridized carbons (Fsp3) is 0.0625. The van der Waals surface area contributed by atoms with Crippen molar-refractivity contribution >= 4 is 57.2 Å². The molecule has 2 amide bonds. The Morgan fingerprint density at radius 1 is 1.12 bits per heavy atom. The molecule has 0 aromatic heterocycles. The molecule has 5 nitrogen and oxygen atoms in total. The molecule has 2 aromatic rings. The first-order valence-corrected chi connectivity index (χ1v) is 8.31. The van der Waals surface area contributed by atoms with Crippen molar-refractivity contribution in [2.24, 2.45) is 5.10 Å². The normalized spacial score (nSPS) is 10.6. The average Bonchev–Trinajstić information content (AvgIpc) is 2.54. The molecule has 0 bridgehead atoms. The standard InChI is InChI=1S/C16H12BrCl2N3O2/c17-11-3-1-10(2-4-11)8-21-22-15(23)9-20-16(24)13-6-5-12(18)7-14(13)19/h1-8H,9H2,(H,20,24)(H,22,23)/b21-8+. The average molecular weight is 429 g/mol. The summed E-state index contributed by atoms with van der Waals surface area (Å²) in [6.07, 6.45) is 1.50. The number of amides is 2. The molecule has 0 unspecified atom stereocenters. The number of nitrogens with zero attached hydrogens (tertiary/aromatic N) is 1. The Labute approximate surface area is 157 Å². The van der Waals surface area contributed by atoms with Crippen LogP contribution in [0.15, 0.2) is 52.0 Å². The molecule has 2 rings (SSSR count). The Bertz CT molecular complexity index is 779. The van der Waals surface area contributed by atoms with Crippen LogP contribution in [0, 0.1) is 0 Å². The van der Waals surface area contributed by atoms with E-state index in [4.69, 9.17) is 23.2 Å². The number of hydrogen-bond acceptors (Lipinski definition) is 3. The molecule has 2 N–H and O–H groups in total. The van der Waals surface area contributed by atoms with Gasteiger partial charge < -0.3 is 5.32 Å². The van der Waals surface area contributed by atoms with Gasteiger partial charge in [-0.15, -0.1) is 0 Å². The number of hydrazone groups is 1. The first-order valence-electron chi connectivity index (χ1n) is 6.76. The summed E-state index contributed by atoms with van der Waals surface area (Å²) in [6.45, 7) is -0.227. The van der Waals surface area contributed by atoms with Gasteiger partial charge in [-0.25, -0.2) is 5.43 Å². The van der Waals surface area contributed by atoms with Crippen LogP contribution >= 0.6 is 39.1 Å². The van der Waals surface area contributed by atoms with Crippen molar-refractivity contribution in [1.82, 2.24) is 10.7 Å². The van der Waals surface area contributed by atoms with E-state index < -0.39 is 11.8 Å². The summed E-state index contributed by atoms with van der Waals surface area (Å²) >= 11 is 15.0. The smallest absolute Gasteiger partial charge is 0.259 e. The third-order valence-electron chi connectivity index (χ3n) is 2.86. The molecule has 0 fully saturated rings. The Kier molecular flexibility index (Phi) is 6.78. The summed E-state index contributed by atoms with van der Waals surface area (Å²) in [6, 6.07) is 11.9. The predicted molar refractivity (Wildman–Crippen MR) is 98.7 cm³/mol. The summed E-state index contributed by atoms with van der Waals surface area (Å²) < 4.78 is 0.951. The van der Waals surface area contributed by atoms with Gasteiger partial charge in [0.1, 0.15) is 0 Å². The number of carbonyl (C=O) groups is 2. The van der Waals surface area contributed by atoms with E-state index >= 15 is 0 Å². The van der Waals surface area contributed by atoms with E-state index in [0.29, 0.717) is 5.02 Å².